The van der Waals surface area contributed by atoms with Gasteiger partial charge in [-0.15, -0.1) is 0 Å². The van der Waals surface area contributed by atoms with Gasteiger partial charge < -0.3 is 10.1 Å². The summed E-state index contributed by atoms with van der Waals surface area (Å²) in [5.74, 6) is 0.709. The van der Waals surface area contributed by atoms with Gasteiger partial charge in [0.2, 0.25) is 0 Å². The minimum Gasteiger partial charge on any atom is -0.483 e. The van der Waals surface area contributed by atoms with E-state index in [2.05, 4.69) is 15.0 Å². The van der Waals surface area contributed by atoms with E-state index in [4.69, 9.17) is 0 Å². The van der Waals surface area contributed by atoms with Crippen molar-refractivity contribution in [2.75, 3.05) is 11.9 Å². The Morgan fingerprint density at radius 2 is 1.89 bits per heavy atom. The fraction of sp³-hybridized carbons (Fsp3) is 0.583. The Bertz CT molecular complexity index is 323. The van der Waals surface area contributed by atoms with E-state index in [1.165, 1.54) is 12.3 Å². The molecule has 0 radical (unpaired) electrons. The van der Waals surface area contributed by atoms with Crippen molar-refractivity contribution in [3.8, 4) is 5.75 Å². The molecule has 0 unspecified atom stereocenters. The van der Waals surface area contributed by atoms with Gasteiger partial charge in [0.1, 0.15) is 11.6 Å². The summed E-state index contributed by atoms with van der Waals surface area (Å²) >= 11 is 0. The van der Waals surface area contributed by atoms with E-state index in [1.807, 2.05) is 27.7 Å². The van der Waals surface area contributed by atoms with Crippen LogP contribution in [0.1, 0.15) is 27.7 Å². The maximum atomic E-state index is 11.8. The molecular formula is C12H19F3N2O. The van der Waals surface area contributed by atoms with Crippen LogP contribution in [0.15, 0.2) is 18.3 Å². The predicted molar refractivity (Wildman–Crippen MR) is 65.9 cm³/mol. The first-order chi connectivity index (χ1) is 8.37. The molecule has 0 fully saturated rings. The highest BCUT2D eigenvalue weighted by Crippen LogP contribution is 2.18. The number of pyridine rings is 1. The summed E-state index contributed by atoms with van der Waals surface area (Å²) in [5, 5.41) is 3.02. The van der Waals surface area contributed by atoms with Crippen LogP contribution >= 0.6 is 0 Å². The number of ether oxygens (including phenoxy) is 1. The molecule has 0 saturated carbocycles. The summed E-state index contributed by atoms with van der Waals surface area (Å²) in [5.41, 5.74) is 0. The summed E-state index contributed by atoms with van der Waals surface area (Å²) in [6, 6.07) is 3.24. The van der Waals surface area contributed by atoms with Crippen LogP contribution in [0, 0.1) is 0 Å². The molecule has 0 amide bonds. The largest absolute Gasteiger partial charge is 0.483 e. The Balaban J connectivity index is 0.00000137. The standard InChI is InChI=1S/C10H13F3N2O.C2H6/c1-7(2)15-9-4-3-8(5-14-9)16-6-10(11,12)13;1-2/h3-5,7H,6H2,1-2H3,(H,14,15);1-2H3. The monoisotopic (exact) mass is 264 g/mol. The second-order valence-corrected chi connectivity index (χ2v) is 3.58. The Morgan fingerprint density at radius 1 is 1.28 bits per heavy atom. The molecule has 1 rings (SSSR count). The van der Waals surface area contributed by atoms with Crippen molar-refractivity contribution in [3.63, 3.8) is 0 Å². The highest BCUT2D eigenvalue weighted by atomic mass is 19.4. The molecule has 1 aromatic rings. The summed E-state index contributed by atoms with van der Waals surface area (Å²) in [6.07, 6.45) is -3.06. The lowest BCUT2D eigenvalue weighted by Gasteiger charge is -2.11. The molecule has 0 aliphatic heterocycles. The number of halogens is 3. The zero-order valence-electron chi connectivity index (χ0n) is 11.0. The summed E-state index contributed by atoms with van der Waals surface area (Å²) in [6.45, 7) is 6.58. The molecule has 0 bridgehead atoms. The lowest BCUT2D eigenvalue weighted by Crippen LogP contribution is -2.19. The van der Waals surface area contributed by atoms with Crippen LogP contribution in [0.5, 0.6) is 5.75 Å². The van der Waals surface area contributed by atoms with E-state index in [0.717, 1.165) is 0 Å². The summed E-state index contributed by atoms with van der Waals surface area (Å²) in [4.78, 5) is 3.92. The topological polar surface area (TPSA) is 34.1 Å². The lowest BCUT2D eigenvalue weighted by atomic mass is 10.3. The first kappa shape index (κ1) is 16.5. The van der Waals surface area contributed by atoms with Crippen LogP contribution < -0.4 is 10.1 Å². The van der Waals surface area contributed by atoms with E-state index in [1.54, 1.807) is 6.07 Å². The van der Waals surface area contributed by atoms with Gasteiger partial charge in [-0.05, 0) is 26.0 Å². The third kappa shape index (κ3) is 7.76. The van der Waals surface area contributed by atoms with Gasteiger partial charge in [0.05, 0.1) is 6.20 Å². The van der Waals surface area contributed by atoms with Crippen LogP contribution in [-0.2, 0) is 0 Å². The van der Waals surface area contributed by atoms with E-state index in [-0.39, 0.29) is 11.8 Å². The number of hydrogen-bond donors (Lipinski definition) is 1. The second kappa shape index (κ2) is 7.79. The maximum absolute atomic E-state index is 11.8. The third-order valence-corrected chi connectivity index (χ3v) is 1.58. The van der Waals surface area contributed by atoms with E-state index < -0.39 is 12.8 Å². The average molecular weight is 264 g/mol. The molecule has 1 aromatic heterocycles. The first-order valence-corrected chi connectivity index (χ1v) is 5.79. The maximum Gasteiger partial charge on any atom is 0.422 e. The SMILES string of the molecule is CC.CC(C)Nc1ccc(OCC(F)(F)F)cn1. The Morgan fingerprint density at radius 3 is 2.28 bits per heavy atom. The Hall–Kier alpha value is -1.46. The second-order valence-electron chi connectivity index (χ2n) is 3.58. The van der Waals surface area contributed by atoms with Crippen molar-refractivity contribution < 1.29 is 17.9 Å². The highest BCUT2D eigenvalue weighted by Gasteiger charge is 2.28. The summed E-state index contributed by atoms with van der Waals surface area (Å²) < 4.78 is 40.0. The molecule has 18 heavy (non-hydrogen) atoms. The quantitative estimate of drug-likeness (QED) is 0.896. The number of hydrogen-bond acceptors (Lipinski definition) is 3. The van der Waals surface area contributed by atoms with Gasteiger partial charge in [-0.3, -0.25) is 0 Å². The fourth-order valence-corrected chi connectivity index (χ4v) is 1.01. The lowest BCUT2D eigenvalue weighted by molar-refractivity contribution is -0.153. The van der Waals surface area contributed by atoms with Crippen LogP contribution in [-0.4, -0.2) is 23.8 Å². The summed E-state index contributed by atoms with van der Waals surface area (Å²) in [7, 11) is 0. The van der Waals surface area contributed by atoms with Gasteiger partial charge >= 0.3 is 6.18 Å². The van der Waals surface area contributed by atoms with Crippen molar-refractivity contribution in [2.24, 2.45) is 0 Å². The average Bonchev–Trinajstić information content (AvgIpc) is 2.29. The molecule has 104 valence electrons. The zero-order valence-corrected chi connectivity index (χ0v) is 11.0. The van der Waals surface area contributed by atoms with Gasteiger partial charge in [-0.2, -0.15) is 13.2 Å². The van der Waals surface area contributed by atoms with Gasteiger partial charge in [0, 0.05) is 6.04 Å². The molecule has 3 nitrogen and oxygen atoms in total. The van der Waals surface area contributed by atoms with E-state index in [9.17, 15) is 13.2 Å². The van der Waals surface area contributed by atoms with E-state index >= 15 is 0 Å². The molecule has 0 aliphatic rings. The number of alkyl halides is 3. The number of rotatable bonds is 4. The molecule has 0 atom stereocenters. The van der Waals surface area contributed by atoms with Gasteiger partial charge in [0.25, 0.3) is 0 Å². The minimum atomic E-state index is -4.32. The van der Waals surface area contributed by atoms with Crippen LogP contribution in [0.4, 0.5) is 19.0 Å². The molecule has 1 heterocycles. The normalized spacial score (nSPS) is 10.7. The van der Waals surface area contributed by atoms with Gasteiger partial charge in [0.15, 0.2) is 6.61 Å². The van der Waals surface area contributed by atoms with E-state index in [0.29, 0.717) is 5.82 Å². The molecule has 6 heteroatoms. The van der Waals surface area contributed by atoms with Crippen molar-refractivity contribution in [2.45, 2.75) is 39.9 Å². The van der Waals surface area contributed by atoms with Gasteiger partial charge in [-0.1, -0.05) is 13.8 Å². The predicted octanol–water partition coefficient (Wildman–Crippen LogP) is 3.87. The molecule has 0 aromatic carbocycles. The minimum absolute atomic E-state index is 0.103. The Kier molecular flexibility index (Phi) is 7.16. The third-order valence-electron chi connectivity index (χ3n) is 1.58. The molecule has 1 N–H and O–H groups in total. The Labute approximate surface area is 105 Å². The highest BCUT2D eigenvalue weighted by molar-refractivity contribution is 5.37. The number of nitrogens with zero attached hydrogens (tertiary/aromatic N) is 1. The number of nitrogens with one attached hydrogen (secondary N) is 1. The van der Waals surface area contributed by atoms with Crippen molar-refractivity contribution in [1.82, 2.24) is 4.98 Å². The molecule has 0 aliphatic carbocycles. The zero-order chi connectivity index (χ0) is 14.2. The number of aromatic nitrogens is 1. The first-order valence-electron chi connectivity index (χ1n) is 5.79. The smallest absolute Gasteiger partial charge is 0.422 e. The van der Waals surface area contributed by atoms with Crippen molar-refractivity contribution in [3.05, 3.63) is 18.3 Å². The molecule has 0 spiro atoms. The fourth-order valence-electron chi connectivity index (χ4n) is 1.01. The van der Waals surface area contributed by atoms with Crippen molar-refractivity contribution >= 4 is 5.82 Å². The van der Waals surface area contributed by atoms with Crippen LogP contribution in [0.3, 0.4) is 0 Å². The van der Waals surface area contributed by atoms with Crippen molar-refractivity contribution in [1.29, 1.82) is 0 Å². The van der Waals surface area contributed by atoms with Gasteiger partial charge in [-0.25, -0.2) is 4.98 Å². The van der Waals surface area contributed by atoms with Crippen LogP contribution in [0.25, 0.3) is 0 Å². The molecule has 0 saturated heterocycles. The van der Waals surface area contributed by atoms with Crippen LogP contribution in [0.2, 0.25) is 0 Å². The number of anilines is 1. The molecular weight excluding hydrogens is 245 g/mol.